The van der Waals surface area contributed by atoms with Crippen LogP contribution >= 0.6 is 36.6 Å². The molecule has 8 heteroatoms. The largest absolute Gasteiger partial charge is 0.300 e. The number of hydrogen-bond acceptors (Lipinski definition) is 4. The molecule has 1 aliphatic heterocycles. The second kappa shape index (κ2) is 12.5. The van der Waals surface area contributed by atoms with Crippen LogP contribution in [-0.2, 0) is 6.54 Å². The van der Waals surface area contributed by atoms with Crippen molar-refractivity contribution in [2.75, 3.05) is 39.0 Å². The van der Waals surface area contributed by atoms with Gasteiger partial charge in [-0.25, -0.2) is 8.78 Å². The molecule has 29 heavy (non-hydrogen) atoms. The van der Waals surface area contributed by atoms with E-state index in [4.69, 9.17) is 0 Å². The molecule has 3 rings (SSSR count). The molecule has 2 aromatic rings. The molecular weight excluding hydrogens is 437 g/mol. The molecule has 160 valence electrons. The van der Waals surface area contributed by atoms with Crippen LogP contribution in [0.4, 0.5) is 8.78 Å². The zero-order chi connectivity index (χ0) is 19.2. The van der Waals surface area contributed by atoms with Crippen LogP contribution in [0.25, 0.3) is 0 Å². The molecule has 0 radical (unpaired) electrons. The first-order valence-corrected chi connectivity index (χ1v) is 10.3. The maximum atomic E-state index is 13.8. The van der Waals surface area contributed by atoms with Crippen molar-refractivity contribution < 1.29 is 13.6 Å². The van der Waals surface area contributed by atoms with Gasteiger partial charge in [0.2, 0.25) is 0 Å². The Balaban J connectivity index is 0.00000210. The molecule has 1 saturated heterocycles. The van der Waals surface area contributed by atoms with Crippen molar-refractivity contribution in [1.82, 2.24) is 9.80 Å². The van der Waals surface area contributed by atoms with E-state index in [9.17, 15) is 13.6 Å². The molecular formula is C21H26Cl2F2N2OS. The fourth-order valence-electron chi connectivity index (χ4n) is 3.26. The summed E-state index contributed by atoms with van der Waals surface area (Å²) in [6.07, 6.45) is 2.50. The van der Waals surface area contributed by atoms with E-state index < -0.39 is 11.6 Å². The summed E-state index contributed by atoms with van der Waals surface area (Å²) in [5.74, 6) is -0.829. The normalized spacial score (nSPS) is 14.7. The molecule has 0 saturated carbocycles. The van der Waals surface area contributed by atoms with E-state index in [1.807, 2.05) is 30.5 Å². The van der Waals surface area contributed by atoms with Crippen molar-refractivity contribution in [3.8, 4) is 0 Å². The summed E-state index contributed by atoms with van der Waals surface area (Å²) in [7, 11) is 0. The van der Waals surface area contributed by atoms with Crippen molar-refractivity contribution >= 4 is 42.4 Å². The minimum Gasteiger partial charge on any atom is -0.300 e. The Hall–Kier alpha value is -1.18. The van der Waals surface area contributed by atoms with Crippen molar-refractivity contribution in [2.45, 2.75) is 17.9 Å². The average Bonchev–Trinajstić information content (AvgIpc) is 2.70. The first-order valence-electron chi connectivity index (χ1n) is 9.11. The SMILES string of the molecule is CSc1ccc(C(=O)CCN2CCN(Cc3c(F)cccc3F)CC2)cc1.Cl.Cl. The molecule has 0 aliphatic carbocycles. The number of ketones is 1. The van der Waals surface area contributed by atoms with E-state index in [1.54, 1.807) is 11.8 Å². The van der Waals surface area contributed by atoms with Gasteiger partial charge in [0, 0.05) is 61.7 Å². The summed E-state index contributed by atoms with van der Waals surface area (Å²) in [6, 6.07) is 11.7. The number of thioether (sulfide) groups is 1. The highest BCUT2D eigenvalue weighted by molar-refractivity contribution is 7.98. The van der Waals surface area contributed by atoms with Gasteiger partial charge in [0.05, 0.1) is 0 Å². The lowest BCUT2D eigenvalue weighted by atomic mass is 10.1. The number of nitrogens with zero attached hydrogens (tertiary/aromatic N) is 2. The lowest BCUT2D eigenvalue weighted by molar-refractivity contribution is 0.0920. The molecule has 0 amide bonds. The van der Waals surface area contributed by atoms with Gasteiger partial charge in [-0.2, -0.15) is 0 Å². The summed E-state index contributed by atoms with van der Waals surface area (Å²) >= 11 is 1.66. The van der Waals surface area contributed by atoms with E-state index in [1.165, 1.54) is 18.2 Å². The van der Waals surface area contributed by atoms with Gasteiger partial charge in [0.25, 0.3) is 0 Å². The van der Waals surface area contributed by atoms with Crippen molar-refractivity contribution in [1.29, 1.82) is 0 Å². The molecule has 0 unspecified atom stereocenters. The number of rotatable bonds is 7. The Morgan fingerprint density at radius 3 is 2.03 bits per heavy atom. The van der Waals surface area contributed by atoms with Gasteiger partial charge in [-0.1, -0.05) is 18.2 Å². The molecule has 1 fully saturated rings. The van der Waals surface area contributed by atoms with E-state index in [0.29, 0.717) is 13.0 Å². The minimum absolute atomic E-state index is 0. The van der Waals surface area contributed by atoms with Gasteiger partial charge in [0.15, 0.2) is 5.78 Å². The summed E-state index contributed by atoms with van der Waals surface area (Å²) < 4.78 is 27.6. The molecule has 0 aromatic heterocycles. The monoisotopic (exact) mass is 462 g/mol. The molecule has 0 atom stereocenters. The van der Waals surface area contributed by atoms with Crippen molar-refractivity contribution in [3.05, 3.63) is 65.2 Å². The molecule has 0 bridgehead atoms. The number of benzene rings is 2. The zero-order valence-corrected chi connectivity index (χ0v) is 18.7. The third-order valence-electron chi connectivity index (χ3n) is 4.98. The Morgan fingerprint density at radius 2 is 1.48 bits per heavy atom. The zero-order valence-electron chi connectivity index (χ0n) is 16.3. The van der Waals surface area contributed by atoms with E-state index in [0.717, 1.165) is 36.6 Å². The molecule has 0 spiro atoms. The van der Waals surface area contributed by atoms with Crippen molar-refractivity contribution in [3.63, 3.8) is 0 Å². The highest BCUT2D eigenvalue weighted by Gasteiger charge is 2.20. The van der Waals surface area contributed by atoms with Gasteiger partial charge >= 0.3 is 0 Å². The highest BCUT2D eigenvalue weighted by atomic mass is 35.5. The second-order valence-corrected chi connectivity index (χ2v) is 7.60. The van der Waals surface area contributed by atoms with Crippen LogP contribution < -0.4 is 0 Å². The lowest BCUT2D eigenvalue weighted by Crippen LogP contribution is -2.46. The maximum absolute atomic E-state index is 13.8. The predicted molar refractivity (Wildman–Crippen MR) is 120 cm³/mol. The number of carbonyl (C=O) groups is 1. The van der Waals surface area contributed by atoms with Gasteiger partial charge in [0.1, 0.15) is 11.6 Å². The van der Waals surface area contributed by atoms with Crippen LogP contribution in [0.1, 0.15) is 22.3 Å². The number of carbonyl (C=O) groups excluding carboxylic acids is 1. The number of Topliss-reactive ketones (excluding diaryl/α,β-unsaturated/α-hetero) is 1. The summed E-state index contributed by atoms with van der Waals surface area (Å²) in [4.78, 5) is 17.8. The summed E-state index contributed by atoms with van der Waals surface area (Å²) in [6.45, 7) is 4.08. The average molecular weight is 463 g/mol. The highest BCUT2D eigenvalue weighted by Crippen LogP contribution is 2.17. The lowest BCUT2D eigenvalue weighted by Gasteiger charge is -2.34. The number of halogens is 4. The predicted octanol–water partition coefficient (Wildman–Crippen LogP) is 4.92. The quantitative estimate of drug-likeness (QED) is 0.430. The third kappa shape index (κ3) is 7.23. The van der Waals surface area contributed by atoms with Crippen LogP contribution in [0.2, 0.25) is 0 Å². The Bertz CT molecular complexity index is 765. The van der Waals surface area contributed by atoms with Crippen LogP contribution in [0.3, 0.4) is 0 Å². The Labute approximate surface area is 187 Å². The fraction of sp³-hybridized carbons (Fsp3) is 0.381. The molecule has 1 heterocycles. The van der Waals surface area contributed by atoms with Crippen LogP contribution in [0.5, 0.6) is 0 Å². The van der Waals surface area contributed by atoms with Crippen LogP contribution in [-0.4, -0.2) is 54.6 Å². The Morgan fingerprint density at radius 1 is 0.931 bits per heavy atom. The van der Waals surface area contributed by atoms with Crippen LogP contribution in [0.15, 0.2) is 47.4 Å². The van der Waals surface area contributed by atoms with Gasteiger partial charge in [-0.05, 0) is 30.5 Å². The van der Waals surface area contributed by atoms with Crippen molar-refractivity contribution in [2.24, 2.45) is 0 Å². The molecule has 3 nitrogen and oxygen atoms in total. The van der Waals surface area contributed by atoms with E-state index in [2.05, 4.69) is 9.80 Å². The Kier molecular flexibility index (Phi) is 11.1. The van der Waals surface area contributed by atoms with Gasteiger partial charge in [-0.15, -0.1) is 36.6 Å². The first-order chi connectivity index (χ1) is 13.1. The fourth-order valence-corrected chi connectivity index (χ4v) is 3.67. The van der Waals surface area contributed by atoms with E-state index in [-0.39, 0.29) is 42.7 Å². The molecule has 0 N–H and O–H groups in total. The summed E-state index contributed by atoms with van der Waals surface area (Å²) in [5.41, 5.74) is 0.885. The van der Waals surface area contributed by atoms with E-state index >= 15 is 0 Å². The van der Waals surface area contributed by atoms with Gasteiger partial charge in [-0.3, -0.25) is 9.69 Å². The van der Waals surface area contributed by atoms with Gasteiger partial charge < -0.3 is 4.90 Å². The number of piperazine rings is 1. The maximum Gasteiger partial charge on any atom is 0.164 e. The second-order valence-electron chi connectivity index (χ2n) is 6.72. The van der Waals surface area contributed by atoms with Crippen LogP contribution in [0, 0.1) is 11.6 Å². The number of hydrogen-bond donors (Lipinski definition) is 0. The smallest absolute Gasteiger partial charge is 0.164 e. The standard InChI is InChI=1S/C21H24F2N2OS.2ClH/c1-27-17-7-5-16(6-8-17)21(26)9-10-24-11-13-25(14-12-24)15-18-19(22)3-2-4-20(18)23;;/h2-8H,9-15H2,1H3;2*1H. The topological polar surface area (TPSA) is 23.6 Å². The first kappa shape index (κ1) is 25.9. The summed E-state index contributed by atoms with van der Waals surface area (Å²) in [5, 5.41) is 0. The molecule has 2 aromatic carbocycles. The molecule has 1 aliphatic rings. The third-order valence-corrected chi connectivity index (χ3v) is 5.72. The minimum atomic E-state index is -0.490.